The Morgan fingerprint density at radius 2 is 1.51 bits per heavy atom. The van der Waals surface area contributed by atoms with E-state index in [4.69, 9.17) is 14.7 Å². The van der Waals surface area contributed by atoms with Crippen LogP contribution in [0.15, 0.2) is 12.4 Å². The first kappa shape index (κ1) is 30.3. The number of piperidine rings is 1. The van der Waals surface area contributed by atoms with Crippen molar-refractivity contribution >= 4 is 5.95 Å². The molecule has 37 heavy (non-hydrogen) atoms. The van der Waals surface area contributed by atoms with Crippen LogP contribution in [-0.4, -0.2) is 83.3 Å². The van der Waals surface area contributed by atoms with Crippen LogP contribution in [0.3, 0.4) is 0 Å². The number of unbranched alkanes of at least 4 members (excludes halogenated alkanes) is 6. The van der Waals surface area contributed by atoms with Crippen LogP contribution >= 0.6 is 0 Å². The van der Waals surface area contributed by atoms with Crippen molar-refractivity contribution in [2.75, 3.05) is 44.2 Å². The zero-order valence-electron chi connectivity index (χ0n) is 25.0. The summed E-state index contributed by atoms with van der Waals surface area (Å²) in [7, 11) is 0. The van der Waals surface area contributed by atoms with E-state index in [9.17, 15) is 0 Å². The highest BCUT2D eigenvalue weighted by Gasteiger charge is 2.33. The first-order valence-electron chi connectivity index (χ1n) is 15.6. The molecule has 2 aliphatic rings. The smallest absolute Gasteiger partial charge is 0.225 e. The molecule has 2 unspecified atom stereocenters. The highest BCUT2D eigenvalue weighted by molar-refractivity contribution is 5.35. The quantitative estimate of drug-likeness (QED) is 0.248. The lowest BCUT2D eigenvalue weighted by Gasteiger charge is -2.47. The van der Waals surface area contributed by atoms with Gasteiger partial charge in [0.05, 0.1) is 6.10 Å². The number of nitrogens with zero attached hydrogens (tertiary/aromatic N) is 5. The van der Waals surface area contributed by atoms with E-state index < -0.39 is 0 Å². The van der Waals surface area contributed by atoms with Gasteiger partial charge >= 0.3 is 0 Å². The van der Waals surface area contributed by atoms with Crippen molar-refractivity contribution in [3.05, 3.63) is 18.0 Å². The van der Waals surface area contributed by atoms with Gasteiger partial charge in [-0.3, -0.25) is 4.90 Å². The molecule has 0 aliphatic carbocycles. The summed E-state index contributed by atoms with van der Waals surface area (Å²) in [5, 5.41) is 0. The van der Waals surface area contributed by atoms with E-state index in [1.54, 1.807) is 0 Å². The van der Waals surface area contributed by atoms with Crippen molar-refractivity contribution in [1.29, 1.82) is 0 Å². The van der Waals surface area contributed by atoms with Crippen molar-refractivity contribution in [2.45, 2.75) is 136 Å². The summed E-state index contributed by atoms with van der Waals surface area (Å²) >= 11 is 0. The maximum atomic E-state index is 5.63. The monoisotopic (exact) mass is 515 g/mol. The van der Waals surface area contributed by atoms with E-state index >= 15 is 0 Å². The first-order chi connectivity index (χ1) is 17.9. The van der Waals surface area contributed by atoms with Gasteiger partial charge in [0.15, 0.2) is 0 Å². The highest BCUT2D eigenvalue weighted by Crippen LogP contribution is 2.29. The molecule has 1 aromatic rings. The topological polar surface area (TPSA) is 44.7 Å². The second-order valence-corrected chi connectivity index (χ2v) is 12.2. The van der Waals surface area contributed by atoms with Gasteiger partial charge in [-0.05, 0) is 97.8 Å². The van der Waals surface area contributed by atoms with Gasteiger partial charge in [-0.2, -0.15) is 0 Å². The van der Waals surface area contributed by atoms with E-state index in [0.717, 1.165) is 32.1 Å². The number of hydrogen-bond acceptors (Lipinski definition) is 6. The van der Waals surface area contributed by atoms with E-state index in [1.165, 1.54) is 83.0 Å². The third kappa shape index (κ3) is 9.78. The summed E-state index contributed by atoms with van der Waals surface area (Å²) in [5.41, 5.74) is 1.34. The van der Waals surface area contributed by atoms with Gasteiger partial charge in [-0.25, -0.2) is 9.97 Å². The molecule has 0 radical (unpaired) electrons. The Labute approximate surface area is 228 Å². The fourth-order valence-corrected chi connectivity index (χ4v) is 6.13. The molecule has 0 bridgehead atoms. The van der Waals surface area contributed by atoms with Crippen molar-refractivity contribution in [3.8, 4) is 0 Å². The van der Waals surface area contributed by atoms with Crippen LogP contribution in [0.4, 0.5) is 5.95 Å². The molecule has 2 fully saturated rings. The van der Waals surface area contributed by atoms with Crippen LogP contribution in [-0.2, 0) is 4.74 Å². The van der Waals surface area contributed by atoms with Crippen LogP contribution < -0.4 is 4.90 Å². The van der Waals surface area contributed by atoms with Gasteiger partial charge in [-0.15, -0.1) is 0 Å². The molecule has 2 atom stereocenters. The third-order valence-electron chi connectivity index (χ3n) is 8.53. The molecule has 0 N–H and O–H groups in total. The molecule has 0 amide bonds. The largest absolute Gasteiger partial charge is 0.379 e. The molecular formula is C31H57N5O. The number of aromatic nitrogens is 2. The second-order valence-electron chi connectivity index (χ2n) is 12.2. The zero-order chi connectivity index (χ0) is 26.6. The van der Waals surface area contributed by atoms with Gasteiger partial charge < -0.3 is 14.5 Å². The molecule has 6 nitrogen and oxygen atoms in total. The number of ether oxygens (including phenoxy) is 1. The minimum Gasteiger partial charge on any atom is -0.379 e. The predicted octanol–water partition coefficient (Wildman–Crippen LogP) is 6.51. The molecule has 0 saturated carbocycles. The number of piperazine rings is 1. The van der Waals surface area contributed by atoms with Crippen molar-refractivity contribution in [2.24, 2.45) is 0 Å². The summed E-state index contributed by atoms with van der Waals surface area (Å²) in [4.78, 5) is 17.6. The molecule has 0 aromatic carbocycles. The Bertz CT molecular complexity index is 732. The maximum absolute atomic E-state index is 5.63. The van der Waals surface area contributed by atoms with Crippen molar-refractivity contribution in [1.82, 2.24) is 19.8 Å². The zero-order valence-corrected chi connectivity index (χ0v) is 25.0. The lowest BCUT2D eigenvalue weighted by atomic mass is 9.91. The number of likely N-dealkylation sites (tertiary alicyclic amines) is 1. The van der Waals surface area contributed by atoms with E-state index in [0.29, 0.717) is 30.1 Å². The Kier molecular flexibility index (Phi) is 13.1. The first-order valence-corrected chi connectivity index (χ1v) is 15.6. The van der Waals surface area contributed by atoms with Crippen molar-refractivity contribution < 1.29 is 4.74 Å². The molecule has 3 heterocycles. The molecule has 2 aliphatic heterocycles. The minimum atomic E-state index is 0.373. The average Bonchev–Trinajstić information content (AvgIpc) is 2.89. The van der Waals surface area contributed by atoms with E-state index in [-0.39, 0.29) is 0 Å². The van der Waals surface area contributed by atoms with Gasteiger partial charge in [0, 0.05) is 50.2 Å². The van der Waals surface area contributed by atoms with Crippen LogP contribution in [0, 0.1) is 0 Å². The van der Waals surface area contributed by atoms with E-state index in [2.05, 4.69) is 68.6 Å². The Morgan fingerprint density at radius 1 is 0.892 bits per heavy atom. The molecule has 3 rings (SSSR count). The fraction of sp³-hybridized carbons (Fsp3) is 0.871. The average molecular weight is 516 g/mol. The Hall–Kier alpha value is -1.24. The van der Waals surface area contributed by atoms with Gasteiger partial charge in [-0.1, -0.05) is 39.0 Å². The SMILES string of the molecule is CCC1CN(C(C)C)CC(C)N1c1ncc(C2CCN(CCCCCCCCCOC(C)C)CC2)cn1. The van der Waals surface area contributed by atoms with E-state index in [1.807, 2.05) is 0 Å². The lowest BCUT2D eigenvalue weighted by molar-refractivity contribution is 0.0756. The maximum Gasteiger partial charge on any atom is 0.225 e. The Morgan fingerprint density at radius 3 is 2.11 bits per heavy atom. The number of hydrogen-bond donors (Lipinski definition) is 0. The molecular weight excluding hydrogens is 458 g/mol. The predicted molar refractivity (Wildman–Crippen MR) is 157 cm³/mol. The normalized spacial score (nSPS) is 22.4. The van der Waals surface area contributed by atoms with Gasteiger partial charge in [0.25, 0.3) is 0 Å². The molecule has 6 heteroatoms. The third-order valence-corrected chi connectivity index (χ3v) is 8.53. The number of rotatable bonds is 15. The van der Waals surface area contributed by atoms with Crippen molar-refractivity contribution in [3.63, 3.8) is 0 Å². The number of anilines is 1. The summed E-state index contributed by atoms with van der Waals surface area (Å²) in [6, 6.07) is 1.53. The summed E-state index contributed by atoms with van der Waals surface area (Å²) < 4.78 is 5.63. The molecule has 2 saturated heterocycles. The standard InChI is InChI=1S/C31H57N5O/c1-7-30-24-35(25(2)3)23-27(6)36(30)31-32-21-29(22-33-31)28-15-18-34(19-16-28)17-13-11-9-8-10-12-14-20-37-26(4)5/h21-22,25-28,30H,7-20,23-24H2,1-6H3. The van der Waals surface area contributed by atoms with Crippen LogP contribution in [0.5, 0.6) is 0 Å². The minimum absolute atomic E-state index is 0.373. The van der Waals surface area contributed by atoms with Crippen LogP contribution in [0.25, 0.3) is 0 Å². The molecule has 0 spiro atoms. The molecule has 1 aromatic heterocycles. The van der Waals surface area contributed by atoms with Crippen LogP contribution in [0.1, 0.15) is 117 Å². The second kappa shape index (κ2) is 16.0. The van der Waals surface area contributed by atoms with Gasteiger partial charge in [0.2, 0.25) is 5.95 Å². The van der Waals surface area contributed by atoms with Gasteiger partial charge in [0.1, 0.15) is 0 Å². The summed E-state index contributed by atoms with van der Waals surface area (Å²) in [6.07, 6.45) is 17.6. The summed E-state index contributed by atoms with van der Waals surface area (Å²) in [5.74, 6) is 1.54. The Balaban J connectivity index is 1.33. The lowest BCUT2D eigenvalue weighted by Crippen LogP contribution is -2.59. The van der Waals surface area contributed by atoms with Crippen LogP contribution in [0.2, 0.25) is 0 Å². The molecule has 212 valence electrons. The highest BCUT2D eigenvalue weighted by atomic mass is 16.5. The summed E-state index contributed by atoms with van der Waals surface area (Å²) in [6.45, 7) is 20.3. The fourth-order valence-electron chi connectivity index (χ4n) is 6.13.